The molecular weight excluding hydrogens is 529 g/mol. The number of hydrogen-bond donors (Lipinski definition) is 1. The van der Waals surface area contributed by atoms with Gasteiger partial charge in [-0.1, -0.05) is 19.1 Å². The first kappa shape index (κ1) is 27.3. The Morgan fingerprint density at radius 2 is 1.68 bits per heavy atom. The number of methoxy groups -OCH3 is 2. The first-order chi connectivity index (χ1) is 19.8. The van der Waals surface area contributed by atoms with Gasteiger partial charge in [0.2, 0.25) is 0 Å². The maximum absolute atomic E-state index is 14.8. The second kappa shape index (κ2) is 11.4. The predicted octanol–water partition coefficient (Wildman–Crippen LogP) is 5.17. The lowest BCUT2D eigenvalue weighted by molar-refractivity contribution is 0.0718. The average molecular weight is 556 g/mol. The van der Waals surface area contributed by atoms with Gasteiger partial charge in [-0.2, -0.15) is 9.78 Å². The van der Waals surface area contributed by atoms with E-state index in [4.69, 9.17) is 14.2 Å². The van der Waals surface area contributed by atoms with Gasteiger partial charge in [-0.25, -0.2) is 19.2 Å². The maximum Gasteiger partial charge on any atom is 0.364 e. The standard InChI is InChI=1S/C30H26FN5O5/c1-5-18-6-9-20(10-7-18)36-27(37)12-17(2)28(35-36)30(38)41-24-13-19(8-11-22(24)31)34-29-21-14-25(39-3)26(40-4)15-23(21)32-16-33-29/h6-16H,5H2,1-4H3,(H,32,33,34). The number of nitrogens with one attached hydrogen (secondary N) is 1. The van der Waals surface area contributed by atoms with E-state index in [0.717, 1.165) is 22.7 Å². The average Bonchev–Trinajstić information content (AvgIpc) is 2.98. The molecule has 0 amide bonds. The van der Waals surface area contributed by atoms with Crippen LogP contribution in [-0.4, -0.2) is 39.9 Å². The van der Waals surface area contributed by atoms with Crippen LogP contribution in [0.25, 0.3) is 16.6 Å². The zero-order valence-electron chi connectivity index (χ0n) is 22.8. The summed E-state index contributed by atoms with van der Waals surface area (Å²) < 4.78 is 32.0. The molecule has 0 saturated carbocycles. The van der Waals surface area contributed by atoms with Crippen molar-refractivity contribution >= 4 is 28.4 Å². The molecule has 0 aliphatic rings. The molecule has 0 saturated heterocycles. The highest BCUT2D eigenvalue weighted by Crippen LogP contribution is 2.35. The Kier molecular flexibility index (Phi) is 7.59. The summed E-state index contributed by atoms with van der Waals surface area (Å²) in [6.45, 7) is 3.58. The third-order valence-electron chi connectivity index (χ3n) is 6.44. The molecule has 10 nitrogen and oxygen atoms in total. The van der Waals surface area contributed by atoms with Crippen LogP contribution in [0.15, 0.2) is 71.8 Å². The second-order valence-corrected chi connectivity index (χ2v) is 9.05. The molecule has 208 valence electrons. The highest BCUT2D eigenvalue weighted by molar-refractivity contribution is 5.93. The fraction of sp³-hybridized carbons (Fsp3) is 0.167. The van der Waals surface area contributed by atoms with E-state index in [1.165, 1.54) is 38.7 Å². The number of ether oxygens (including phenoxy) is 3. The lowest BCUT2D eigenvalue weighted by Crippen LogP contribution is -2.26. The molecule has 5 aromatic rings. The molecule has 11 heteroatoms. The zero-order chi connectivity index (χ0) is 29.1. The molecule has 1 N–H and O–H groups in total. The normalized spacial score (nSPS) is 10.9. The van der Waals surface area contributed by atoms with E-state index in [0.29, 0.717) is 45.2 Å². The number of halogens is 1. The number of anilines is 2. The summed E-state index contributed by atoms with van der Waals surface area (Å²) >= 11 is 0. The maximum atomic E-state index is 14.8. The molecule has 0 atom stereocenters. The Bertz CT molecular complexity index is 1820. The van der Waals surface area contributed by atoms with Crippen LogP contribution in [0.2, 0.25) is 0 Å². The minimum atomic E-state index is -0.915. The number of rotatable bonds is 8. The van der Waals surface area contributed by atoms with Crippen LogP contribution < -0.4 is 25.1 Å². The fourth-order valence-corrected chi connectivity index (χ4v) is 4.23. The summed E-state index contributed by atoms with van der Waals surface area (Å²) in [4.78, 5) is 34.3. The number of fused-ring (bicyclic) bond motifs is 1. The minimum Gasteiger partial charge on any atom is -0.493 e. The summed E-state index contributed by atoms with van der Waals surface area (Å²) in [5.74, 6) is -0.598. The zero-order valence-corrected chi connectivity index (χ0v) is 22.8. The first-order valence-corrected chi connectivity index (χ1v) is 12.7. The van der Waals surface area contributed by atoms with Crippen molar-refractivity contribution in [3.63, 3.8) is 0 Å². The smallest absolute Gasteiger partial charge is 0.364 e. The lowest BCUT2D eigenvalue weighted by Gasteiger charge is -2.13. The lowest BCUT2D eigenvalue weighted by atomic mass is 10.1. The van der Waals surface area contributed by atoms with Crippen molar-refractivity contribution in [2.24, 2.45) is 0 Å². The van der Waals surface area contributed by atoms with Crippen molar-refractivity contribution in [1.82, 2.24) is 19.7 Å². The Morgan fingerprint density at radius 1 is 0.951 bits per heavy atom. The SMILES string of the molecule is CCc1ccc(-n2nc(C(=O)Oc3cc(Nc4ncnc5cc(OC)c(OC)cc45)ccc3F)c(C)cc2=O)cc1. The molecular formula is C30H26FN5O5. The number of esters is 1. The molecule has 41 heavy (non-hydrogen) atoms. The third kappa shape index (κ3) is 5.55. The molecule has 0 fully saturated rings. The number of aromatic nitrogens is 4. The van der Waals surface area contributed by atoms with Crippen molar-refractivity contribution in [2.45, 2.75) is 20.3 Å². The van der Waals surface area contributed by atoms with E-state index >= 15 is 0 Å². The third-order valence-corrected chi connectivity index (χ3v) is 6.44. The summed E-state index contributed by atoms with van der Waals surface area (Å²) in [7, 11) is 3.05. The van der Waals surface area contributed by atoms with Crippen LogP contribution in [0.1, 0.15) is 28.5 Å². The van der Waals surface area contributed by atoms with Gasteiger partial charge in [0.1, 0.15) is 12.1 Å². The van der Waals surface area contributed by atoms with Gasteiger partial charge in [0.05, 0.1) is 25.4 Å². The number of carbonyl (C=O) groups is 1. The van der Waals surface area contributed by atoms with Gasteiger partial charge in [-0.15, -0.1) is 0 Å². The number of benzene rings is 3. The molecule has 3 aromatic carbocycles. The number of carbonyl (C=O) groups excluding carboxylic acids is 1. The van der Waals surface area contributed by atoms with Crippen molar-refractivity contribution in [3.8, 4) is 22.9 Å². The molecule has 0 bridgehead atoms. The van der Waals surface area contributed by atoms with Crippen LogP contribution in [0.3, 0.4) is 0 Å². The van der Waals surface area contributed by atoms with Crippen molar-refractivity contribution < 1.29 is 23.4 Å². The number of hydrogen-bond acceptors (Lipinski definition) is 9. The largest absolute Gasteiger partial charge is 0.493 e. The highest BCUT2D eigenvalue weighted by atomic mass is 19.1. The minimum absolute atomic E-state index is 0.121. The van der Waals surface area contributed by atoms with Crippen LogP contribution in [0, 0.1) is 12.7 Å². The van der Waals surface area contributed by atoms with Crippen LogP contribution in [0.5, 0.6) is 17.2 Å². The Morgan fingerprint density at radius 3 is 2.39 bits per heavy atom. The van der Waals surface area contributed by atoms with E-state index in [1.54, 1.807) is 31.2 Å². The van der Waals surface area contributed by atoms with E-state index in [9.17, 15) is 14.0 Å². The van der Waals surface area contributed by atoms with Crippen LogP contribution in [-0.2, 0) is 6.42 Å². The molecule has 0 spiro atoms. The monoisotopic (exact) mass is 555 g/mol. The fourth-order valence-electron chi connectivity index (χ4n) is 4.23. The molecule has 2 aromatic heterocycles. The Hall–Kier alpha value is -5.32. The molecule has 0 aliphatic carbocycles. The summed E-state index contributed by atoms with van der Waals surface area (Å²) in [6, 6.07) is 15.9. The Labute approximate surface area is 234 Å². The topological polar surface area (TPSA) is 117 Å². The van der Waals surface area contributed by atoms with Gasteiger partial charge in [-0.05, 0) is 54.8 Å². The van der Waals surface area contributed by atoms with Crippen molar-refractivity contribution in [2.75, 3.05) is 19.5 Å². The van der Waals surface area contributed by atoms with Crippen LogP contribution >= 0.6 is 0 Å². The van der Waals surface area contributed by atoms with Gasteiger partial charge < -0.3 is 19.5 Å². The molecule has 5 rings (SSSR count). The van der Waals surface area contributed by atoms with Gasteiger partial charge in [0.15, 0.2) is 28.8 Å². The van der Waals surface area contributed by atoms with Crippen molar-refractivity contribution in [1.29, 1.82) is 0 Å². The van der Waals surface area contributed by atoms with Crippen molar-refractivity contribution in [3.05, 3.63) is 100.0 Å². The van der Waals surface area contributed by atoms with Gasteiger partial charge in [0, 0.05) is 29.3 Å². The van der Waals surface area contributed by atoms with E-state index < -0.39 is 17.3 Å². The molecule has 2 heterocycles. The van der Waals surface area contributed by atoms with E-state index in [2.05, 4.69) is 20.4 Å². The highest BCUT2D eigenvalue weighted by Gasteiger charge is 2.20. The molecule has 0 radical (unpaired) electrons. The van der Waals surface area contributed by atoms with E-state index in [1.807, 2.05) is 19.1 Å². The van der Waals surface area contributed by atoms with E-state index in [-0.39, 0.29) is 11.4 Å². The summed E-state index contributed by atoms with van der Waals surface area (Å²) in [5, 5.41) is 7.97. The second-order valence-electron chi connectivity index (χ2n) is 9.05. The molecule has 0 unspecified atom stereocenters. The predicted molar refractivity (Wildman–Crippen MR) is 151 cm³/mol. The summed E-state index contributed by atoms with van der Waals surface area (Å²) in [6.07, 6.45) is 2.21. The molecule has 0 aliphatic heterocycles. The Balaban J connectivity index is 1.44. The van der Waals surface area contributed by atoms with Gasteiger partial charge in [0.25, 0.3) is 5.56 Å². The quantitative estimate of drug-likeness (QED) is 0.204. The number of nitrogens with zero attached hydrogens (tertiary/aromatic N) is 4. The van der Waals surface area contributed by atoms with Gasteiger partial charge in [-0.3, -0.25) is 4.79 Å². The first-order valence-electron chi connectivity index (χ1n) is 12.7. The number of aryl methyl sites for hydroxylation is 2. The van der Waals surface area contributed by atoms with Crippen LogP contribution in [0.4, 0.5) is 15.9 Å². The summed E-state index contributed by atoms with van der Waals surface area (Å²) in [5.41, 5.74) is 2.34. The van der Waals surface area contributed by atoms with Gasteiger partial charge >= 0.3 is 5.97 Å².